The highest BCUT2D eigenvalue weighted by molar-refractivity contribution is 5.93. The Balaban J connectivity index is 1.31. The Kier molecular flexibility index (Phi) is 7.82. The molecule has 0 radical (unpaired) electrons. The Morgan fingerprint density at radius 3 is 2.53 bits per heavy atom. The summed E-state index contributed by atoms with van der Waals surface area (Å²) in [5.74, 6) is 1.08. The molecule has 32 heavy (non-hydrogen) atoms. The van der Waals surface area contributed by atoms with E-state index < -0.39 is 0 Å². The summed E-state index contributed by atoms with van der Waals surface area (Å²) in [5, 5.41) is 3.16. The Hall–Kier alpha value is -2.37. The highest BCUT2D eigenvalue weighted by Gasteiger charge is 2.31. The SMILES string of the molecule is CCCN1CCC(N2CCC[C@@H](C(=O)Nc3ccc(-c4cccc(OC)c4)cc3)C2)CC1. The molecule has 2 fully saturated rings. The van der Waals surface area contributed by atoms with E-state index in [2.05, 4.69) is 40.2 Å². The van der Waals surface area contributed by atoms with Gasteiger partial charge in [0, 0.05) is 18.3 Å². The summed E-state index contributed by atoms with van der Waals surface area (Å²) in [4.78, 5) is 18.2. The summed E-state index contributed by atoms with van der Waals surface area (Å²) in [6.07, 6.45) is 5.80. The largest absolute Gasteiger partial charge is 0.497 e. The number of anilines is 1. The quantitative estimate of drug-likeness (QED) is 0.673. The van der Waals surface area contributed by atoms with Crippen molar-refractivity contribution < 1.29 is 9.53 Å². The molecule has 0 spiro atoms. The normalized spacial score (nSPS) is 20.8. The molecule has 2 aliphatic rings. The predicted molar refractivity (Wildman–Crippen MR) is 131 cm³/mol. The van der Waals surface area contributed by atoms with Crippen LogP contribution >= 0.6 is 0 Å². The third-order valence-corrected chi connectivity index (χ3v) is 6.99. The van der Waals surface area contributed by atoms with E-state index in [0.717, 1.165) is 48.5 Å². The van der Waals surface area contributed by atoms with Crippen LogP contribution in [0.3, 0.4) is 0 Å². The van der Waals surface area contributed by atoms with Crippen LogP contribution in [0.15, 0.2) is 48.5 Å². The van der Waals surface area contributed by atoms with Gasteiger partial charge in [-0.3, -0.25) is 9.69 Å². The van der Waals surface area contributed by atoms with Crippen molar-refractivity contribution in [2.24, 2.45) is 5.92 Å². The molecule has 2 heterocycles. The van der Waals surface area contributed by atoms with Crippen LogP contribution in [0.25, 0.3) is 11.1 Å². The molecule has 0 aliphatic carbocycles. The van der Waals surface area contributed by atoms with Gasteiger partial charge in [0.25, 0.3) is 0 Å². The first-order valence-corrected chi connectivity index (χ1v) is 12.2. The molecule has 0 bridgehead atoms. The molecule has 0 aromatic heterocycles. The van der Waals surface area contributed by atoms with Gasteiger partial charge in [0.05, 0.1) is 13.0 Å². The number of benzene rings is 2. The predicted octanol–water partition coefficient (Wildman–Crippen LogP) is 4.89. The van der Waals surface area contributed by atoms with Gasteiger partial charge < -0.3 is 15.0 Å². The van der Waals surface area contributed by atoms with Crippen LogP contribution < -0.4 is 10.1 Å². The summed E-state index contributed by atoms with van der Waals surface area (Å²) in [6.45, 7) is 7.90. The van der Waals surface area contributed by atoms with Crippen LogP contribution in [0.5, 0.6) is 5.75 Å². The van der Waals surface area contributed by atoms with Gasteiger partial charge in [0.1, 0.15) is 5.75 Å². The van der Waals surface area contributed by atoms with Gasteiger partial charge in [-0.05, 0) is 93.7 Å². The number of rotatable bonds is 7. The number of amides is 1. The molecule has 2 saturated heterocycles. The number of hydrogen-bond acceptors (Lipinski definition) is 4. The van der Waals surface area contributed by atoms with E-state index in [4.69, 9.17) is 4.74 Å². The lowest BCUT2D eigenvalue weighted by atomic mass is 9.93. The number of nitrogens with zero attached hydrogens (tertiary/aromatic N) is 2. The summed E-state index contributed by atoms with van der Waals surface area (Å²) in [7, 11) is 1.68. The number of likely N-dealkylation sites (tertiary alicyclic amines) is 2. The van der Waals surface area contributed by atoms with Crippen molar-refractivity contribution in [2.75, 3.05) is 45.2 Å². The van der Waals surface area contributed by atoms with E-state index in [1.165, 1.54) is 38.9 Å². The van der Waals surface area contributed by atoms with Gasteiger partial charge in [-0.15, -0.1) is 0 Å². The summed E-state index contributed by atoms with van der Waals surface area (Å²) in [6, 6.07) is 16.8. The van der Waals surface area contributed by atoms with Crippen LogP contribution in [0.2, 0.25) is 0 Å². The van der Waals surface area contributed by atoms with Crippen molar-refractivity contribution in [2.45, 2.75) is 45.1 Å². The fourth-order valence-electron chi connectivity index (χ4n) is 5.17. The molecule has 5 heteroatoms. The van der Waals surface area contributed by atoms with Gasteiger partial charge in [-0.2, -0.15) is 0 Å². The number of ether oxygens (including phenoxy) is 1. The lowest BCUT2D eigenvalue weighted by Gasteiger charge is -2.42. The maximum absolute atomic E-state index is 13.0. The average molecular weight is 436 g/mol. The number of carbonyl (C=O) groups is 1. The van der Waals surface area contributed by atoms with Crippen LogP contribution in [0.1, 0.15) is 39.0 Å². The fourth-order valence-corrected chi connectivity index (χ4v) is 5.17. The van der Waals surface area contributed by atoms with Crippen molar-refractivity contribution in [3.05, 3.63) is 48.5 Å². The third kappa shape index (κ3) is 5.70. The van der Waals surface area contributed by atoms with E-state index >= 15 is 0 Å². The minimum atomic E-state index is 0.0792. The van der Waals surface area contributed by atoms with Crippen molar-refractivity contribution in [1.82, 2.24) is 9.80 Å². The first-order valence-electron chi connectivity index (χ1n) is 12.2. The zero-order chi connectivity index (χ0) is 22.3. The zero-order valence-corrected chi connectivity index (χ0v) is 19.6. The average Bonchev–Trinajstić information content (AvgIpc) is 2.85. The minimum Gasteiger partial charge on any atom is -0.497 e. The number of nitrogens with one attached hydrogen (secondary N) is 1. The van der Waals surface area contributed by atoms with Crippen molar-refractivity contribution >= 4 is 11.6 Å². The van der Waals surface area contributed by atoms with E-state index in [0.29, 0.717) is 6.04 Å². The lowest BCUT2D eigenvalue weighted by molar-refractivity contribution is -0.122. The molecule has 1 N–H and O–H groups in total. The maximum Gasteiger partial charge on any atom is 0.228 e. The molecule has 0 saturated carbocycles. The first kappa shape index (κ1) is 22.8. The fraction of sp³-hybridized carbons (Fsp3) is 0.519. The minimum absolute atomic E-state index is 0.0792. The first-order chi connectivity index (χ1) is 15.7. The van der Waals surface area contributed by atoms with Crippen molar-refractivity contribution in [3.8, 4) is 16.9 Å². The maximum atomic E-state index is 13.0. The number of methoxy groups -OCH3 is 1. The van der Waals surface area contributed by atoms with Crippen LogP contribution in [0, 0.1) is 5.92 Å². The van der Waals surface area contributed by atoms with Gasteiger partial charge in [-0.1, -0.05) is 31.2 Å². The van der Waals surface area contributed by atoms with Crippen LogP contribution in [-0.4, -0.2) is 61.6 Å². The molecule has 4 rings (SSSR count). The Labute approximate surface area is 192 Å². The van der Waals surface area contributed by atoms with E-state index in [1.807, 2.05) is 30.3 Å². The van der Waals surface area contributed by atoms with E-state index in [9.17, 15) is 4.79 Å². The molecule has 2 aromatic carbocycles. The topological polar surface area (TPSA) is 44.8 Å². The number of hydrogen-bond donors (Lipinski definition) is 1. The van der Waals surface area contributed by atoms with Gasteiger partial charge >= 0.3 is 0 Å². The van der Waals surface area contributed by atoms with Gasteiger partial charge in [0.15, 0.2) is 0 Å². The van der Waals surface area contributed by atoms with E-state index in [-0.39, 0.29) is 11.8 Å². The number of piperidine rings is 2. The monoisotopic (exact) mass is 435 g/mol. The highest BCUT2D eigenvalue weighted by Crippen LogP contribution is 2.27. The van der Waals surface area contributed by atoms with E-state index in [1.54, 1.807) is 7.11 Å². The van der Waals surface area contributed by atoms with Gasteiger partial charge in [0.2, 0.25) is 5.91 Å². The molecule has 2 aliphatic heterocycles. The number of carbonyl (C=O) groups excluding carboxylic acids is 1. The molecule has 2 aromatic rings. The summed E-state index contributed by atoms with van der Waals surface area (Å²) < 4.78 is 5.32. The second-order valence-corrected chi connectivity index (χ2v) is 9.21. The highest BCUT2D eigenvalue weighted by atomic mass is 16.5. The molecule has 1 atom stereocenters. The molecule has 172 valence electrons. The standard InChI is InChI=1S/C27H37N3O2/c1-3-15-29-17-13-25(14-18-29)30-16-5-7-23(20-30)27(31)28-24-11-9-21(10-12-24)22-6-4-8-26(19-22)32-2/h4,6,8-12,19,23,25H,3,5,7,13-18,20H2,1-2H3,(H,28,31)/t23-/m1/s1. The Morgan fingerprint density at radius 1 is 1.03 bits per heavy atom. The molecule has 0 unspecified atom stereocenters. The Bertz CT molecular complexity index is 875. The Morgan fingerprint density at radius 2 is 1.81 bits per heavy atom. The van der Waals surface area contributed by atoms with Crippen molar-refractivity contribution in [1.29, 1.82) is 0 Å². The third-order valence-electron chi connectivity index (χ3n) is 6.99. The second-order valence-electron chi connectivity index (χ2n) is 9.21. The van der Waals surface area contributed by atoms with Crippen LogP contribution in [-0.2, 0) is 4.79 Å². The second kappa shape index (κ2) is 11.0. The van der Waals surface area contributed by atoms with Crippen molar-refractivity contribution in [3.63, 3.8) is 0 Å². The molecular formula is C27H37N3O2. The zero-order valence-electron chi connectivity index (χ0n) is 19.6. The molecule has 1 amide bonds. The summed E-state index contributed by atoms with van der Waals surface area (Å²) >= 11 is 0. The van der Waals surface area contributed by atoms with Crippen LogP contribution in [0.4, 0.5) is 5.69 Å². The smallest absolute Gasteiger partial charge is 0.228 e. The molecule has 5 nitrogen and oxygen atoms in total. The summed E-state index contributed by atoms with van der Waals surface area (Å²) in [5.41, 5.74) is 3.09. The molecular weight excluding hydrogens is 398 g/mol. The van der Waals surface area contributed by atoms with Gasteiger partial charge in [-0.25, -0.2) is 0 Å². The lowest BCUT2D eigenvalue weighted by Crippen LogP contribution is -2.50.